The molecule has 0 unspecified atom stereocenters. The van der Waals surface area contributed by atoms with Gasteiger partial charge >= 0.3 is 5.97 Å². The molecule has 3 rings (SSSR count). The minimum Gasteiger partial charge on any atom is -0.481 e. The predicted molar refractivity (Wildman–Crippen MR) is 94.1 cm³/mol. The molecule has 25 heavy (non-hydrogen) atoms. The van der Waals surface area contributed by atoms with Gasteiger partial charge in [0.15, 0.2) is 0 Å². The number of carbonyl (C=O) groups is 2. The highest BCUT2D eigenvalue weighted by atomic mass is 32.1. The Hall–Kier alpha value is -1.47. The molecule has 1 aliphatic carbocycles. The summed E-state index contributed by atoms with van der Waals surface area (Å²) in [6.45, 7) is 5.15. The van der Waals surface area contributed by atoms with Gasteiger partial charge in [0.25, 0.3) is 0 Å². The summed E-state index contributed by atoms with van der Waals surface area (Å²) in [7, 11) is 1.70. The Morgan fingerprint density at radius 3 is 2.72 bits per heavy atom. The van der Waals surface area contributed by atoms with E-state index in [4.69, 9.17) is 0 Å². The fraction of sp³-hybridized carbons (Fsp3) is 0.667. The van der Waals surface area contributed by atoms with E-state index < -0.39 is 29.4 Å². The summed E-state index contributed by atoms with van der Waals surface area (Å²) < 4.78 is 13.9. The lowest BCUT2D eigenvalue weighted by Gasteiger charge is -2.28. The predicted octanol–water partition coefficient (Wildman–Crippen LogP) is 2.48. The fourth-order valence-electron chi connectivity index (χ4n) is 4.11. The zero-order chi connectivity index (χ0) is 18.4. The van der Waals surface area contributed by atoms with Crippen molar-refractivity contribution in [2.24, 2.45) is 17.3 Å². The molecule has 0 radical (unpaired) electrons. The second kappa shape index (κ2) is 6.68. The van der Waals surface area contributed by atoms with E-state index in [9.17, 15) is 19.1 Å². The van der Waals surface area contributed by atoms with E-state index in [2.05, 4.69) is 4.90 Å². The summed E-state index contributed by atoms with van der Waals surface area (Å²) in [6, 6.07) is 3.98. The number of hydrogen-bond acceptors (Lipinski definition) is 4. The van der Waals surface area contributed by atoms with Gasteiger partial charge < -0.3 is 10.0 Å². The average Bonchev–Trinajstić information content (AvgIpc) is 2.87. The lowest BCUT2D eigenvalue weighted by atomic mass is 10.1. The lowest BCUT2D eigenvalue weighted by molar-refractivity contribution is -0.141. The Morgan fingerprint density at radius 2 is 2.16 bits per heavy atom. The van der Waals surface area contributed by atoms with Crippen molar-refractivity contribution in [3.63, 3.8) is 0 Å². The van der Waals surface area contributed by atoms with Crippen LogP contribution in [-0.4, -0.2) is 59.1 Å². The number of amides is 1. The Morgan fingerprint density at radius 1 is 1.44 bits per heavy atom. The van der Waals surface area contributed by atoms with Crippen LogP contribution in [0, 0.1) is 17.3 Å². The molecule has 2 aliphatic rings. The quantitative estimate of drug-likeness (QED) is 0.838. The van der Waals surface area contributed by atoms with E-state index in [1.165, 1.54) is 4.88 Å². The van der Waals surface area contributed by atoms with E-state index in [0.29, 0.717) is 26.1 Å². The van der Waals surface area contributed by atoms with Crippen LogP contribution in [0.2, 0.25) is 0 Å². The third-order valence-electron chi connectivity index (χ3n) is 5.64. The Labute approximate surface area is 151 Å². The largest absolute Gasteiger partial charge is 0.481 e. The van der Waals surface area contributed by atoms with Gasteiger partial charge in [-0.05, 0) is 23.3 Å². The summed E-state index contributed by atoms with van der Waals surface area (Å²) in [5.74, 6) is -2.16. The summed E-state index contributed by atoms with van der Waals surface area (Å²) in [5.41, 5.74) is -0.508. The maximum Gasteiger partial charge on any atom is 0.307 e. The van der Waals surface area contributed by atoms with E-state index >= 15 is 0 Å². The maximum absolute atomic E-state index is 13.9. The van der Waals surface area contributed by atoms with Crippen LogP contribution in [0.4, 0.5) is 4.39 Å². The van der Waals surface area contributed by atoms with E-state index in [-0.39, 0.29) is 11.9 Å². The van der Waals surface area contributed by atoms with Crippen molar-refractivity contribution in [3.8, 4) is 0 Å². The van der Waals surface area contributed by atoms with Crippen LogP contribution < -0.4 is 0 Å². The third kappa shape index (κ3) is 3.58. The zero-order valence-electron chi connectivity index (χ0n) is 14.8. The number of rotatable bonds is 6. The molecule has 0 aromatic carbocycles. The van der Waals surface area contributed by atoms with Crippen molar-refractivity contribution in [2.45, 2.75) is 39.0 Å². The number of likely N-dealkylation sites (N-methyl/N-ethyl adjacent to an activating group) is 1. The van der Waals surface area contributed by atoms with Gasteiger partial charge in [-0.2, -0.15) is 0 Å². The highest BCUT2D eigenvalue weighted by molar-refractivity contribution is 7.09. The summed E-state index contributed by atoms with van der Waals surface area (Å²) >= 11 is 1.65. The number of carboxylic acids is 1. The molecule has 1 aromatic heterocycles. The standard InChI is InChI=1S/C18H25FN2O3S/c1-18(2)14(15(18)17(23)24)16(22)20(3)9-12-7-11(19)8-21(12)10-13-5-4-6-25-13/h4-6,11-12,14-15H,7-10H2,1-3H3,(H,23,24)/t11-,12-,14-,15+/m0/s1. The molecular formula is C18H25FN2O3S. The molecule has 1 N–H and O–H groups in total. The Balaban J connectivity index is 1.62. The number of alkyl halides is 1. The first-order valence-electron chi connectivity index (χ1n) is 8.60. The summed E-state index contributed by atoms with van der Waals surface area (Å²) in [4.78, 5) is 28.9. The van der Waals surface area contributed by atoms with Crippen LogP contribution in [0.15, 0.2) is 17.5 Å². The monoisotopic (exact) mass is 368 g/mol. The Kier molecular flexibility index (Phi) is 4.90. The van der Waals surface area contributed by atoms with Crippen molar-refractivity contribution in [1.29, 1.82) is 0 Å². The lowest BCUT2D eigenvalue weighted by Crippen LogP contribution is -2.42. The Bertz CT molecular complexity index is 649. The number of thiophene rings is 1. The number of aliphatic carboxylic acids is 1. The van der Waals surface area contributed by atoms with Gasteiger partial charge in [0.2, 0.25) is 5.91 Å². The second-order valence-electron chi connectivity index (χ2n) is 7.83. The minimum absolute atomic E-state index is 0.0313. The molecule has 4 atom stereocenters. The van der Waals surface area contributed by atoms with Gasteiger partial charge in [-0.3, -0.25) is 14.5 Å². The molecule has 1 aliphatic heterocycles. The van der Waals surface area contributed by atoms with E-state index in [0.717, 1.165) is 0 Å². The minimum atomic E-state index is -0.916. The molecule has 1 saturated heterocycles. The van der Waals surface area contributed by atoms with Crippen LogP contribution in [0.5, 0.6) is 0 Å². The normalized spacial score (nSPS) is 31.0. The molecule has 1 saturated carbocycles. The summed E-state index contributed by atoms with van der Waals surface area (Å²) in [5, 5.41) is 11.3. The van der Waals surface area contributed by atoms with Crippen LogP contribution in [0.25, 0.3) is 0 Å². The molecular weight excluding hydrogens is 343 g/mol. The van der Waals surface area contributed by atoms with Crippen LogP contribution in [-0.2, 0) is 16.1 Å². The van der Waals surface area contributed by atoms with Crippen molar-refractivity contribution in [1.82, 2.24) is 9.80 Å². The zero-order valence-corrected chi connectivity index (χ0v) is 15.6. The molecule has 5 nitrogen and oxygen atoms in total. The first-order chi connectivity index (χ1) is 11.7. The van der Waals surface area contributed by atoms with Gasteiger partial charge in [0.05, 0.1) is 11.8 Å². The van der Waals surface area contributed by atoms with Crippen molar-refractivity contribution in [2.75, 3.05) is 20.1 Å². The van der Waals surface area contributed by atoms with Gasteiger partial charge in [-0.25, -0.2) is 4.39 Å². The van der Waals surface area contributed by atoms with Crippen molar-refractivity contribution in [3.05, 3.63) is 22.4 Å². The van der Waals surface area contributed by atoms with Gasteiger partial charge in [0, 0.05) is 37.6 Å². The number of halogens is 1. The maximum atomic E-state index is 13.9. The number of carbonyl (C=O) groups excluding carboxylic acids is 1. The first kappa shape index (κ1) is 18.3. The highest BCUT2D eigenvalue weighted by Crippen LogP contribution is 2.58. The third-order valence-corrected chi connectivity index (χ3v) is 6.50. The molecule has 1 amide bonds. The van der Waals surface area contributed by atoms with E-state index in [1.807, 2.05) is 31.4 Å². The van der Waals surface area contributed by atoms with Gasteiger partial charge in [0.1, 0.15) is 6.17 Å². The van der Waals surface area contributed by atoms with Gasteiger partial charge in [-0.1, -0.05) is 19.9 Å². The topological polar surface area (TPSA) is 60.9 Å². The molecule has 138 valence electrons. The SMILES string of the molecule is CN(C[C@@H]1C[C@H](F)CN1Cc1cccs1)C(=O)[C@@H]1[C@H](C(=O)O)C1(C)C. The average molecular weight is 368 g/mol. The van der Waals surface area contributed by atoms with E-state index in [1.54, 1.807) is 23.3 Å². The van der Waals surface area contributed by atoms with Crippen LogP contribution >= 0.6 is 11.3 Å². The fourth-order valence-corrected chi connectivity index (χ4v) is 4.84. The number of nitrogens with zero attached hydrogens (tertiary/aromatic N) is 2. The molecule has 7 heteroatoms. The van der Waals surface area contributed by atoms with Crippen LogP contribution in [0.3, 0.4) is 0 Å². The molecule has 2 heterocycles. The molecule has 2 fully saturated rings. The highest BCUT2D eigenvalue weighted by Gasteiger charge is 2.66. The smallest absolute Gasteiger partial charge is 0.307 e. The number of hydrogen-bond donors (Lipinski definition) is 1. The summed E-state index contributed by atoms with van der Waals surface area (Å²) in [6.07, 6.45) is -0.461. The van der Waals surface area contributed by atoms with Crippen molar-refractivity contribution >= 4 is 23.2 Å². The molecule has 0 bridgehead atoms. The molecule has 1 aromatic rings. The van der Waals surface area contributed by atoms with Crippen LogP contribution in [0.1, 0.15) is 25.1 Å². The first-order valence-corrected chi connectivity index (χ1v) is 9.48. The number of likely N-dealkylation sites (tertiary alicyclic amines) is 1. The van der Waals surface area contributed by atoms with Gasteiger partial charge in [-0.15, -0.1) is 11.3 Å². The van der Waals surface area contributed by atoms with Crippen molar-refractivity contribution < 1.29 is 19.1 Å². The molecule has 0 spiro atoms. The second-order valence-corrected chi connectivity index (χ2v) is 8.86. The number of carboxylic acid groups (broad SMARTS) is 1.